The van der Waals surface area contributed by atoms with Gasteiger partial charge >= 0.3 is 0 Å². The van der Waals surface area contributed by atoms with Crippen LogP contribution < -0.4 is 15.5 Å². The second-order valence-electron chi connectivity index (χ2n) is 5.61. The summed E-state index contributed by atoms with van der Waals surface area (Å²) in [5.41, 5.74) is 0. The van der Waals surface area contributed by atoms with Crippen molar-refractivity contribution in [1.29, 1.82) is 0 Å². The fourth-order valence-electron chi connectivity index (χ4n) is 3.08. The minimum absolute atomic E-state index is 0.584. The van der Waals surface area contributed by atoms with Gasteiger partial charge in [0.25, 0.3) is 0 Å². The molecule has 2 heterocycles. The number of nitrogens with zero attached hydrogens (tertiary/aromatic N) is 3. The Bertz CT molecular complexity index is 416. The van der Waals surface area contributed by atoms with Crippen LogP contribution in [-0.2, 0) is 0 Å². The van der Waals surface area contributed by atoms with Crippen LogP contribution in [0.5, 0.6) is 0 Å². The third-order valence-electron chi connectivity index (χ3n) is 4.28. The lowest BCUT2D eigenvalue weighted by atomic mass is 10.2. The van der Waals surface area contributed by atoms with Crippen LogP contribution in [0.2, 0.25) is 0 Å². The zero-order valence-electron chi connectivity index (χ0n) is 11.6. The van der Waals surface area contributed by atoms with Crippen LogP contribution in [0, 0.1) is 0 Å². The molecule has 0 bridgehead atoms. The van der Waals surface area contributed by atoms with Gasteiger partial charge < -0.3 is 15.5 Å². The molecule has 2 aliphatic rings. The van der Waals surface area contributed by atoms with Crippen molar-refractivity contribution in [3.05, 3.63) is 12.4 Å². The van der Waals surface area contributed by atoms with Crippen molar-refractivity contribution < 1.29 is 0 Å². The van der Waals surface area contributed by atoms with E-state index in [-0.39, 0.29) is 0 Å². The molecule has 1 saturated heterocycles. The quantitative estimate of drug-likeness (QED) is 0.863. The highest BCUT2D eigenvalue weighted by molar-refractivity contribution is 5.49. The summed E-state index contributed by atoms with van der Waals surface area (Å²) in [6.07, 6.45) is 8.08. The number of nitrogens with one attached hydrogen (secondary N) is 2. The molecule has 1 aromatic rings. The lowest BCUT2D eigenvalue weighted by Crippen LogP contribution is -2.30. The molecule has 1 unspecified atom stereocenters. The Balaban J connectivity index is 1.65. The molecular formula is C14H23N5. The lowest BCUT2D eigenvalue weighted by molar-refractivity contribution is 0.616. The maximum atomic E-state index is 4.41. The van der Waals surface area contributed by atoms with E-state index in [1.165, 1.54) is 32.1 Å². The van der Waals surface area contributed by atoms with Crippen LogP contribution in [-0.4, -0.2) is 42.2 Å². The number of hydrogen-bond acceptors (Lipinski definition) is 5. The molecule has 1 saturated carbocycles. The summed E-state index contributed by atoms with van der Waals surface area (Å²) in [4.78, 5) is 11.1. The van der Waals surface area contributed by atoms with E-state index in [0.717, 1.165) is 24.7 Å². The van der Waals surface area contributed by atoms with Gasteiger partial charge in [-0.05, 0) is 26.3 Å². The molecule has 19 heavy (non-hydrogen) atoms. The third kappa shape index (κ3) is 2.97. The maximum absolute atomic E-state index is 4.41. The Kier molecular flexibility index (Phi) is 3.82. The van der Waals surface area contributed by atoms with E-state index in [2.05, 4.69) is 31.6 Å². The normalized spacial score (nSPS) is 24.1. The molecule has 0 spiro atoms. The van der Waals surface area contributed by atoms with Gasteiger partial charge in [0.05, 0.1) is 0 Å². The van der Waals surface area contributed by atoms with Crippen molar-refractivity contribution in [2.24, 2.45) is 0 Å². The average Bonchev–Trinajstić information content (AvgIpc) is 3.09. The Labute approximate surface area is 114 Å². The van der Waals surface area contributed by atoms with Crippen LogP contribution >= 0.6 is 0 Å². The number of hydrogen-bond donors (Lipinski definition) is 2. The van der Waals surface area contributed by atoms with E-state index in [1.807, 2.05) is 7.05 Å². The first-order valence-electron chi connectivity index (χ1n) is 7.36. The first-order chi connectivity index (χ1) is 9.35. The standard InChI is InChI=1S/C14H23N5/c1-15-12-6-7-19(9-12)14-8-13(16-10-17-14)18-11-4-2-3-5-11/h8,10-12,15H,2-7,9H2,1H3,(H,16,17,18). The molecule has 0 aromatic carbocycles. The first kappa shape index (κ1) is 12.7. The van der Waals surface area contributed by atoms with E-state index in [9.17, 15) is 0 Å². The predicted molar refractivity (Wildman–Crippen MR) is 77.6 cm³/mol. The summed E-state index contributed by atoms with van der Waals surface area (Å²) in [6, 6.07) is 3.28. The summed E-state index contributed by atoms with van der Waals surface area (Å²) in [5.74, 6) is 2.03. The Hall–Kier alpha value is -1.36. The van der Waals surface area contributed by atoms with E-state index in [4.69, 9.17) is 0 Å². The van der Waals surface area contributed by atoms with Crippen molar-refractivity contribution in [1.82, 2.24) is 15.3 Å². The summed E-state index contributed by atoms with van der Waals surface area (Å²) in [5, 5.41) is 6.87. The molecule has 0 radical (unpaired) electrons. The molecule has 3 rings (SSSR count). The minimum Gasteiger partial charge on any atom is -0.367 e. The predicted octanol–water partition coefficient (Wildman–Crippen LogP) is 1.63. The molecule has 0 amide bonds. The number of anilines is 2. The summed E-state index contributed by atoms with van der Waals surface area (Å²) in [7, 11) is 2.03. The van der Waals surface area contributed by atoms with Crippen molar-refractivity contribution >= 4 is 11.6 Å². The van der Waals surface area contributed by atoms with Crippen LogP contribution in [0.1, 0.15) is 32.1 Å². The van der Waals surface area contributed by atoms with Gasteiger partial charge in [-0.3, -0.25) is 0 Å². The van der Waals surface area contributed by atoms with Gasteiger partial charge in [0.2, 0.25) is 0 Å². The third-order valence-corrected chi connectivity index (χ3v) is 4.28. The van der Waals surface area contributed by atoms with Gasteiger partial charge in [0.1, 0.15) is 18.0 Å². The van der Waals surface area contributed by atoms with Gasteiger partial charge in [-0.1, -0.05) is 12.8 Å². The highest BCUT2D eigenvalue weighted by atomic mass is 15.2. The Morgan fingerprint density at radius 2 is 2.00 bits per heavy atom. The Morgan fingerprint density at radius 1 is 1.16 bits per heavy atom. The zero-order chi connectivity index (χ0) is 13.1. The highest BCUT2D eigenvalue weighted by Gasteiger charge is 2.22. The molecule has 1 atom stereocenters. The van der Waals surface area contributed by atoms with Crippen molar-refractivity contribution in [2.45, 2.75) is 44.2 Å². The molecule has 5 nitrogen and oxygen atoms in total. The van der Waals surface area contributed by atoms with Gasteiger partial charge in [0.15, 0.2) is 0 Å². The van der Waals surface area contributed by atoms with Gasteiger partial charge in [-0.15, -0.1) is 0 Å². The second kappa shape index (κ2) is 5.74. The molecule has 2 fully saturated rings. The highest BCUT2D eigenvalue weighted by Crippen LogP contribution is 2.24. The topological polar surface area (TPSA) is 53.1 Å². The largest absolute Gasteiger partial charge is 0.367 e. The fraction of sp³-hybridized carbons (Fsp3) is 0.714. The monoisotopic (exact) mass is 261 g/mol. The van der Waals surface area contributed by atoms with E-state index < -0.39 is 0 Å². The molecular weight excluding hydrogens is 238 g/mol. The maximum Gasteiger partial charge on any atom is 0.134 e. The van der Waals surface area contributed by atoms with Gasteiger partial charge in [-0.25, -0.2) is 9.97 Å². The number of rotatable bonds is 4. The molecule has 1 aromatic heterocycles. The van der Waals surface area contributed by atoms with Crippen LogP contribution in [0.3, 0.4) is 0 Å². The molecule has 5 heteroatoms. The van der Waals surface area contributed by atoms with Crippen molar-refractivity contribution in [3.63, 3.8) is 0 Å². The molecule has 1 aliphatic heterocycles. The number of likely N-dealkylation sites (N-methyl/N-ethyl adjacent to an activating group) is 1. The van der Waals surface area contributed by atoms with E-state index >= 15 is 0 Å². The Morgan fingerprint density at radius 3 is 2.74 bits per heavy atom. The molecule has 104 valence electrons. The number of aromatic nitrogens is 2. The van der Waals surface area contributed by atoms with Crippen LogP contribution in [0.25, 0.3) is 0 Å². The van der Waals surface area contributed by atoms with Gasteiger partial charge in [0, 0.05) is 31.2 Å². The van der Waals surface area contributed by atoms with Crippen LogP contribution in [0.4, 0.5) is 11.6 Å². The smallest absolute Gasteiger partial charge is 0.134 e. The summed E-state index contributed by atoms with van der Waals surface area (Å²) in [6.45, 7) is 2.11. The SMILES string of the molecule is CNC1CCN(c2cc(NC3CCCC3)ncn2)C1. The average molecular weight is 261 g/mol. The van der Waals surface area contributed by atoms with Crippen molar-refractivity contribution in [2.75, 3.05) is 30.4 Å². The molecule has 1 aliphatic carbocycles. The lowest BCUT2D eigenvalue weighted by Gasteiger charge is -2.19. The first-order valence-corrected chi connectivity index (χ1v) is 7.36. The fourth-order valence-corrected chi connectivity index (χ4v) is 3.08. The summed E-state index contributed by atoms with van der Waals surface area (Å²) >= 11 is 0. The van der Waals surface area contributed by atoms with E-state index in [1.54, 1.807) is 6.33 Å². The van der Waals surface area contributed by atoms with Crippen molar-refractivity contribution in [3.8, 4) is 0 Å². The van der Waals surface area contributed by atoms with E-state index in [0.29, 0.717) is 12.1 Å². The molecule has 2 N–H and O–H groups in total. The summed E-state index contributed by atoms with van der Waals surface area (Å²) < 4.78 is 0. The zero-order valence-corrected chi connectivity index (χ0v) is 11.6. The van der Waals surface area contributed by atoms with Crippen LogP contribution in [0.15, 0.2) is 12.4 Å². The van der Waals surface area contributed by atoms with Gasteiger partial charge in [-0.2, -0.15) is 0 Å². The minimum atomic E-state index is 0.584. The second-order valence-corrected chi connectivity index (χ2v) is 5.61.